The summed E-state index contributed by atoms with van der Waals surface area (Å²) < 4.78 is 52.3. The number of halogens is 2. The predicted molar refractivity (Wildman–Crippen MR) is 96.8 cm³/mol. The van der Waals surface area contributed by atoms with Gasteiger partial charge in [0.1, 0.15) is 22.2 Å². The lowest BCUT2D eigenvalue weighted by atomic mass is 10.0. The fourth-order valence-electron chi connectivity index (χ4n) is 3.24. The van der Waals surface area contributed by atoms with Crippen LogP contribution in [-0.2, 0) is 10.0 Å². The highest BCUT2D eigenvalue weighted by atomic mass is 35.5. The van der Waals surface area contributed by atoms with Crippen LogP contribution in [0.5, 0.6) is 11.5 Å². The van der Waals surface area contributed by atoms with E-state index in [1.54, 1.807) is 25.3 Å². The minimum absolute atomic E-state index is 0.149. The van der Waals surface area contributed by atoms with Gasteiger partial charge in [0.2, 0.25) is 10.0 Å². The summed E-state index contributed by atoms with van der Waals surface area (Å²) in [5.41, 5.74) is 0.726. The van der Waals surface area contributed by atoms with Crippen molar-refractivity contribution in [3.63, 3.8) is 0 Å². The molecule has 0 aromatic heterocycles. The molecule has 140 valence electrons. The quantitative estimate of drug-likeness (QED) is 0.761. The lowest BCUT2D eigenvalue weighted by Crippen LogP contribution is -2.31. The minimum Gasteiger partial charge on any atom is -0.497 e. The first-order valence-electron chi connectivity index (χ1n) is 8.07. The van der Waals surface area contributed by atoms with E-state index in [-0.39, 0.29) is 9.92 Å². The summed E-state index contributed by atoms with van der Waals surface area (Å²) in [5.74, 6) is 0.291. The number of nitrogens with zero attached hydrogens (tertiary/aromatic N) is 1. The van der Waals surface area contributed by atoms with Gasteiger partial charge in [0.05, 0.1) is 20.3 Å². The second-order valence-corrected chi connectivity index (χ2v) is 8.25. The molecule has 1 aliphatic rings. The Balaban J connectivity index is 2.03. The molecule has 1 aliphatic heterocycles. The molecule has 8 heteroatoms. The van der Waals surface area contributed by atoms with Crippen LogP contribution in [0.1, 0.15) is 24.4 Å². The van der Waals surface area contributed by atoms with Gasteiger partial charge < -0.3 is 9.47 Å². The van der Waals surface area contributed by atoms with Crippen molar-refractivity contribution in [3.8, 4) is 11.5 Å². The Labute approximate surface area is 157 Å². The van der Waals surface area contributed by atoms with Crippen LogP contribution in [0.25, 0.3) is 0 Å². The Bertz CT molecular complexity index is 919. The van der Waals surface area contributed by atoms with Crippen LogP contribution in [0.4, 0.5) is 4.39 Å². The minimum atomic E-state index is -4.01. The van der Waals surface area contributed by atoms with E-state index in [2.05, 4.69) is 0 Å². The highest BCUT2D eigenvalue weighted by Crippen LogP contribution is 2.41. The SMILES string of the molecule is COc1ccc([C@@H]2CCCN2S(=O)(=O)c2ccc(Cl)cc2F)c(OC)c1. The van der Waals surface area contributed by atoms with E-state index >= 15 is 0 Å². The maximum atomic E-state index is 14.2. The van der Waals surface area contributed by atoms with Gasteiger partial charge in [-0.1, -0.05) is 17.7 Å². The second-order valence-electron chi connectivity index (χ2n) is 5.96. The van der Waals surface area contributed by atoms with Crippen molar-refractivity contribution in [3.05, 3.63) is 52.8 Å². The first-order chi connectivity index (χ1) is 12.4. The third-order valence-electron chi connectivity index (χ3n) is 4.48. The fraction of sp³-hybridized carbons (Fsp3) is 0.333. The predicted octanol–water partition coefficient (Wildman–Crippen LogP) is 4.02. The van der Waals surface area contributed by atoms with Gasteiger partial charge in [-0.25, -0.2) is 12.8 Å². The summed E-state index contributed by atoms with van der Waals surface area (Å²) >= 11 is 5.74. The van der Waals surface area contributed by atoms with Gasteiger partial charge >= 0.3 is 0 Å². The van der Waals surface area contributed by atoms with Crippen LogP contribution < -0.4 is 9.47 Å². The van der Waals surface area contributed by atoms with Gasteiger partial charge in [0.15, 0.2) is 0 Å². The maximum absolute atomic E-state index is 14.2. The Kier molecular flexibility index (Phi) is 5.41. The molecule has 0 saturated carbocycles. The lowest BCUT2D eigenvalue weighted by molar-refractivity contribution is 0.360. The molecule has 1 fully saturated rings. The van der Waals surface area contributed by atoms with Gasteiger partial charge in [0.25, 0.3) is 0 Å². The third-order valence-corrected chi connectivity index (χ3v) is 6.66. The molecule has 0 radical (unpaired) electrons. The lowest BCUT2D eigenvalue weighted by Gasteiger charge is -2.26. The number of methoxy groups -OCH3 is 2. The molecule has 3 rings (SSSR count). The van der Waals surface area contributed by atoms with E-state index < -0.39 is 21.9 Å². The number of hydrogen-bond donors (Lipinski definition) is 0. The largest absolute Gasteiger partial charge is 0.497 e. The first kappa shape index (κ1) is 18.9. The van der Waals surface area contributed by atoms with Crippen molar-refractivity contribution in [1.29, 1.82) is 0 Å². The molecule has 0 spiro atoms. The molecule has 26 heavy (non-hydrogen) atoms. The monoisotopic (exact) mass is 399 g/mol. The van der Waals surface area contributed by atoms with Crippen molar-refractivity contribution in [2.24, 2.45) is 0 Å². The third kappa shape index (κ3) is 3.39. The standard InChI is InChI=1S/C18H19ClFNO4S/c1-24-13-6-7-14(17(11-13)25-2)16-4-3-9-21(16)26(22,23)18-8-5-12(19)10-15(18)20/h5-8,10-11,16H,3-4,9H2,1-2H3/t16-/m0/s1. The van der Waals surface area contributed by atoms with Crippen molar-refractivity contribution in [2.75, 3.05) is 20.8 Å². The molecule has 0 unspecified atom stereocenters. The number of sulfonamides is 1. The zero-order chi connectivity index (χ0) is 18.9. The van der Waals surface area contributed by atoms with Crippen molar-refractivity contribution >= 4 is 21.6 Å². The smallest absolute Gasteiger partial charge is 0.246 e. The molecule has 1 heterocycles. The fourth-order valence-corrected chi connectivity index (χ4v) is 5.12. The number of hydrogen-bond acceptors (Lipinski definition) is 4. The molecule has 1 saturated heterocycles. The zero-order valence-electron chi connectivity index (χ0n) is 14.4. The normalized spacial score (nSPS) is 18.1. The van der Waals surface area contributed by atoms with Gasteiger partial charge in [-0.15, -0.1) is 0 Å². The molecule has 0 aliphatic carbocycles. The Hall–Kier alpha value is -1.83. The molecule has 2 aromatic rings. The average molecular weight is 400 g/mol. The van der Waals surface area contributed by atoms with Crippen molar-refractivity contribution in [2.45, 2.75) is 23.8 Å². The van der Waals surface area contributed by atoms with E-state index in [0.29, 0.717) is 30.9 Å². The highest BCUT2D eigenvalue weighted by Gasteiger charge is 2.38. The van der Waals surface area contributed by atoms with Crippen LogP contribution in [-0.4, -0.2) is 33.5 Å². The van der Waals surface area contributed by atoms with Crippen LogP contribution in [0.15, 0.2) is 41.3 Å². The van der Waals surface area contributed by atoms with Gasteiger partial charge in [-0.05, 0) is 37.1 Å². The molecule has 0 bridgehead atoms. The number of benzene rings is 2. The second kappa shape index (κ2) is 7.42. The maximum Gasteiger partial charge on any atom is 0.246 e. The molecule has 0 N–H and O–H groups in total. The van der Waals surface area contributed by atoms with Crippen LogP contribution >= 0.6 is 11.6 Å². The summed E-state index contributed by atoms with van der Waals surface area (Å²) in [5, 5.41) is 0.149. The Morgan fingerprint density at radius 3 is 2.58 bits per heavy atom. The van der Waals surface area contributed by atoms with Gasteiger partial charge in [0, 0.05) is 23.2 Å². The van der Waals surface area contributed by atoms with Gasteiger partial charge in [-0.2, -0.15) is 4.31 Å². The van der Waals surface area contributed by atoms with Crippen LogP contribution in [0, 0.1) is 5.82 Å². The van der Waals surface area contributed by atoms with E-state index in [1.165, 1.54) is 23.5 Å². The summed E-state index contributed by atoms with van der Waals surface area (Å²) in [6.07, 6.45) is 1.30. The highest BCUT2D eigenvalue weighted by molar-refractivity contribution is 7.89. The molecule has 0 amide bonds. The van der Waals surface area contributed by atoms with Crippen molar-refractivity contribution < 1.29 is 22.3 Å². The molecular formula is C18H19ClFNO4S. The summed E-state index contributed by atoms with van der Waals surface area (Å²) in [7, 11) is -0.947. The average Bonchev–Trinajstić information content (AvgIpc) is 3.11. The topological polar surface area (TPSA) is 55.8 Å². The molecule has 2 aromatic carbocycles. The van der Waals surface area contributed by atoms with Crippen molar-refractivity contribution in [1.82, 2.24) is 4.31 Å². The molecule has 1 atom stereocenters. The summed E-state index contributed by atoms with van der Waals surface area (Å²) in [6.45, 7) is 0.310. The summed E-state index contributed by atoms with van der Waals surface area (Å²) in [6, 6.07) is 8.40. The number of ether oxygens (including phenoxy) is 2. The van der Waals surface area contributed by atoms with Crippen LogP contribution in [0.3, 0.4) is 0 Å². The molecule has 5 nitrogen and oxygen atoms in total. The first-order valence-corrected chi connectivity index (χ1v) is 9.89. The van der Waals surface area contributed by atoms with E-state index in [9.17, 15) is 12.8 Å². The van der Waals surface area contributed by atoms with Crippen LogP contribution in [0.2, 0.25) is 5.02 Å². The van der Waals surface area contributed by atoms with E-state index in [0.717, 1.165) is 11.6 Å². The molecular weight excluding hydrogens is 381 g/mol. The Morgan fingerprint density at radius 2 is 1.92 bits per heavy atom. The van der Waals surface area contributed by atoms with Gasteiger partial charge in [-0.3, -0.25) is 0 Å². The number of rotatable bonds is 5. The van der Waals surface area contributed by atoms with E-state index in [4.69, 9.17) is 21.1 Å². The van der Waals surface area contributed by atoms with E-state index in [1.807, 2.05) is 0 Å². The Morgan fingerprint density at radius 1 is 1.15 bits per heavy atom. The summed E-state index contributed by atoms with van der Waals surface area (Å²) in [4.78, 5) is -0.374. The zero-order valence-corrected chi connectivity index (χ0v) is 16.0.